The topological polar surface area (TPSA) is 236 Å². The number of nitrogens with one attached hydrogen (secondary N) is 2. The number of methoxy groups -OCH3 is 2. The Bertz CT molecular complexity index is 2880. The first-order chi connectivity index (χ1) is 36.7. The van der Waals surface area contributed by atoms with E-state index in [2.05, 4.69) is 15.3 Å². The second kappa shape index (κ2) is 22.7. The number of amides is 2. The number of quaternary nitrogens is 1. The van der Waals surface area contributed by atoms with Gasteiger partial charge >= 0.3 is 18.2 Å². The normalized spacial score (nSPS) is 22.9. The van der Waals surface area contributed by atoms with Gasteiger partial charge < -0.3 is 59.5 Å². The van der Waals surface area contributed by atoms with E-state index in [0.29, 0.717) is 39.6 Å². The summed E-state index contributed by atoms with van der Waals surface area (Å²) in [7, 11) is 3.10. The van der Waals surface area contributed by atoms with E-state index in [1.165, 1.54) is 11.2 Å². The van der Waals surface area contributed by atoms with Crippen LogP contribution in [0.5, 0.6) is 17.4 Å². The first kappa shape index (κ1) is 53.3. The molecule has 2 fully saturated rings. The van der Waals surface area contributed by atoms with Gasteiger partial charge in [0.05, 0.1) is 51.3 Å². The van der Waals surface area contributed by atoms with Crippen LogP contribution in [-0.4, -0.2) is 138 Å². The van der Waals surface area contributed by atoms with Crippen molar-refractivity contribution in [2.75, 3.05) is 50.7 Å². The van der Waals surface area contributed by atoms with Crippen molar-refractivity contribution in [1.82, 2.24) is 19.8 Å². The molecule has 76 heavy (non-hydrogen) atoms. The highest BCUT2D eigenvalue weighted by molar-refractivity contribution is 5.98. The number of carbonyl (C=O) groups excluding carboxylic acids is 2. The van der Waals surface area contributed by atoms with Crippen molar-refractivity contribution < 1.29 is 71.6 Å². The number of hydrogen-bond acceptors (Lipinski definition) is 16. The van der Waals surface area contributed by atoms with E-state index in [-0.39, 0.29) is 43.4 Å². The number of ether oxygens (including phenoxy) is 6. The maximum atomic E-state index is 14.6. The summed E-state index contributed by atoms with van der Waals surface area (Å²) in [6, 6.07) is 41.1. The minimum absolute atomic E-state index is 0.0599. The maximum Gasteiger partial charge on any atom is 0.471 e. The molecule has 6 aromatic rings. The molecule has 4 heterocycles. The second-order valence-corrected chi connectivity index (χ2v) is 18.0. The van der Waals surface area contributed by atoms with Crippen LogP contribution >= 0.6 is 0 Å². The highest BCUT2D eigenvalue weighted by atomic mass is 19.4. The number of rotatable bonds is 19. The van der Waals surface area contributed by atoms with Crippen molar-refractivity contribution >= 4 is 47.2 Å². The first-order valence-corrected chi connectivity index (χ1v) is 24.2. The van der Waals surface area contributed by atoms with Crippen LogP contribution in [0.25, 0.3) is 0 Å². The van der Waals surface area contributed by atoms with E-state index >= 15 is 0 Å². The smallest absolute Gasteiger partial charge is 0.471 e. The number of benzene rings is 5. The van der Waals surface area contributed by atoms with Gasteiger partial charge in [-0.05, 0) is 71.6 Å². The Labute approximate surface area is 434 Å². The molecule has 8 atom stereocenters. The van der Waals surface area contributed by atoms with Gasteiger partial charge in [0.25, 0.3) is 11.7 Å². The summed E-state index contributed by atoms with van der Waals surface area (Å²) in [5.74, 6) is -1.74. The molecule has 3 aliphatic rings. The molecule has 2 saturated heterocycles. The molecule has 6 N–H and O–H groups in total. The number of aliphatic hydroxyl groups excluding tert-OH is 4. The van der Waals surface area contributed by atoms with Gasteiger partial charge in [0.15, 0.2) is 6.10 Å². The Morgan fingerprint density at radius 1 is 0.737 bits per heavy atom. The molecular formula is C54H55F3N7O12+. The summed E-state index contributed by atoms with van der Waals surface area (Å²) in [6.07, 6.45) is -15.0. The lowest BCUT2D eigenvalue weighted by Gasteiger charge is -2.40. The van der Waals surface area contributed by atoms with E-state index in [0.717, 1.165) is 0 Å². The number of para-hydroxylation sites is 2. The van der Waals surface area contributed by atoms with Crippen LogP contribution in [0.2, 0.25) is 0 Å². The molecule has 0 radical (unpaired) electrons. The van der Waals surface area contributed by atoms with Crippen molar-refractivity contribution in [3.05, 3.63) is 156 Å². The lowest BCUT2D eigenvalue weighted by atomic mass is 9.80. The summed E-state index contributed by atoms with van der Waals surface area (Å²) >= 11 is 0. The number of aromatic nitrogens is 2. The fourth-order valence-electron chi connectivity index (χ4n) is 9.61. The van der Waals surface area contributed by atoms with Crippen LogP contribution in [0, 0.1) is 0 Å². The fourth-order valence-corrected chi connectivity index (χ4v) is 9.61. The van der Waals surface area contributed by atoms with Gasteiger partial charge in [-0.15, -0.1) is 0 Å². The van der Waals surface area contributed by atoms with Crippen molar-refractivity contribution in [2.24, 2.45) is 4.99 Å². The number of carbonyl (C=O) groups is 2. The SMILES string of the molecule is COc1ccc(C(OC[C@H]2O[C@@H]([N+]3([C@@H]4C[C@H](O)[C@@H](CO)O4)C=Nc4c(OC(=O)N(c5ccccc5)c5ccccc5)nc(NCCCNC(=O)C(F)(F)F)nc43)[C@H](O)[C@@H]2O)(c2ccccc2)c2ccc(OC)cc2)cc1. The van der Waals surface area contributed by atoms with Gasteiger partial charge in [-0.3, -0.25) is 4.79 Å². The minimum atomic E-state index is -5.10. The van der Waals surface area contributed by atoms with E-state index in [4.69, 9.17) is 33.4 Å². The quantitative estimate of drug-likeness (QED) is 0.0300. The van der Waals surface area contributed by atoms with Crippen LogP contribution in [0.1, 0.15) is 29.5 Å². The average Bonchev–Trinajstić information content (AvgIpc) is 4.15. The zero-order chi connectivity index (χ0) is 53.6. The van der Waals surface area contributed by atoms with Crippen LogP contribution in [0.15, 0.2) is 145 Å². The fraction of sp³-hybridized carbons (Fsp3) is 0.315. The largest absolute Gasteiger partial charge is 0.497 e. The summed E-state index contributed by atoms with van der Waals surface area (Å²) in [4.78, 5) is 41.4. The Balaban J connectivity index is 1.12. The molecule has 2 amide bonds. The molecule has 19 nitrogen and oxygen atoms in total. The Hall–Kier alpha value is -7.54. The van der Waals surface area contributed by atoms with Crippen LogP contribution in [0.4, 0.5) is 46.8 Å². The molecule has 0 spiro atoms. The average molecular weight is 1050 g/mol. The third kappa shape index (κ3) is 10.5. The number of anilines is 3. The zero-order valence-electron chi connectivity index (χ0n) is 41.1. The molecule has 5 aromatic carbocycles. The highest BCUT2D eigenvalue weighted by Crippen LogP contribution is 2.51. The molecule has 1 aromatic heterocycles. The lowest BCUT2D eigenvalue weighted by molar-refractivity contribution is -0.173. The standard InChI is InChI=1S/C54H54F3N7O12/c1-71-38-23-19-34(20-24-38)53(33-13-6-3-7-14-33,35-21-25-39(72-2)26-22-35)73-31-42-45(67)46(68)49(75-42)64(43-29-40(66)41(30-65)74-43)32-60-44-47(64)61-51(59-28-12-27-58-50(69)54(55,56)57)62-48(44)76-52(70)63(36-15-8-4-9-16-36)37-17-10-5-11-18-37/h3-11,13-26,32,40-43,45-46,49,65-68H,12,27-31H2,1-2H3,(H-,58,59,61,62,69)/p+1/t40-,41+,42+,43-,45+,46+,49+,64?/m0/s1. The van der Waals surface area contributed by atoms with Crippen LogP contribution in [0.3, 0.4) is 0 Å². The Kier molecular flexibility index (Phi) is 15.9. The molecule has 22 heteroatoms. The number of aliphatic imine (C=N–C) groups is 1. The van der Waals surface area contributed by atoms with Crippen LogP contribution < -0.4 is 34.2 Å². The molecule has 1 unspecified atom stereocenters. The summed E-state index contributed by atoms with van der Waals surface area (Å²) < 4.78 is 75.5. The molecule has 0 aliphatic carbocycles. The third-order valence-corrected chi connectivity index (χ3v) is 13.4. The number of halogens is 3. The van der Waals surface area contributed by atoms with Crippen LogP contribution in [-0.2, 0) is 24.6 Å². The highest BCUT2D eigenvalue weighted by Gasteiger charge is 2.64. The third-order valence-electron chi connectivity index (χ3n) is 13.4. The van der Waals surface area contributed by atoms with Crippen molar-refractivity contribution in [2.45, 2.75) is 67.6 Å². The van der Waals surface area contributed by atoms with Gasteiger partial charge in [0, 0.05) is 13.1 Å². The number of fused-ring (bicyclic) bond motifs is 1. The molecule has 0 saturated carbocycles. The van der Waals surface area contributed by atoms with Crippen molar-refractivity contribution in [3.63, 3.8) is 0 Å². The number of nitrogens with zero attached hydrogens (tertiary/aromatic N) is 5. The molecule has 9 rings (SSSR count). The second-order valence-electron chi connectivity index (χ2n) is 18.0. The summed E-state index contributed by atoms with van der Waals surface area (Å²) in [5, 5.41) is 50.9. The van der Waals surface area contributed by atoms with E-state index < -0.39 is 90.3 Å². The summed E-state index contributed by atoms with van der Waals surface area (Å²) in [6.45, 7) is -1.50. The number of alkyl halides is 3. The van der Waals surface area contributed by atoms with Crippen molar-refractivity contribution in [1.29, 1.82) is 0 Å². The minimum Gasteiger partial charge on any atom is -0.497 e. The Morgan fingerprint density at radius 3 is 1.84 bits per heavy atom. The molecule has 398 valence electrons. The van der Waals surface area contributed by atoms with Gasteiger partial charge in [0.2, 0.25) is 30.4 Å². The van der Waals surface area contributed by atoms with E-state index in [1.807, 2.05) is 59.9 Å². The van der Waals surface area contributed by atoms with Gasteiger partial charge in [-0.1, -0.05) is 91.0 Å². The van der Waals surface area contributed by atoms with E-state index in [9.17, 15) is 43.2 Å². The van der Waals surface area contributed by atoms with Gasteiger partial charge in [-0.25, -0.2) is 9.69 Å². The molecular weight excluding hydrogens is 996 g/mol. The Morgan fingerprint density at radius 2 is 1.30 bits per heavy atom. The zero-order valence-corrected chi connectivity index (χ0v) is 41.1. The number of hydrogen-bond donors (Lipinski definition) is 6. The number of aliphatic hydroxyl groups is 4. The lowest BCUT2D eigenvalue weighted by Crippen LogP contribution is -2.65. The van der Waals surface area contributed by atoms with Gasteiger partial charge in [0.1, 0.15) is 35.4 Å². The van der Waals surface area contributed by atoms with Crippen molar-refractivity contribution in [3.8, 4) is 17.4 Å². The van der Waals surface area contributed by atoms with Gasteiger partial charge in [-0.2, -0.15) is 32.6 Å². The predicted octanol–water partition coefficient (Wildman–Crippen LogP) is 6.22. The summed E-state index contributed by atoms with van der Waals surface area (Å²) in [5.41, 5.74) is 1.32. The molecule has 3 aliphatic heterocycles. The predicted molar refractivity (Wildman–Crippen MR) is 271 cm³/mol. The maximum absolute atomic E-state index is 14.6. The molecule has 0 bridgehead atoms. The monoisotopic (exact) mass is 1050 g/mol. The van der Waals surface area contributed by atoms with E-state index in [1.54, 1.807) is 99.1 Å². The first-order valence-electron chi connectivity index (χ1n) is 24.2.